The minimum atomic E-state index is -0.532. The smallest absolute Gasteiger partial charge is 0.242 e. The summed E-state index contributed by atoms with van der Waals surface area (Å²) in [5.74, 6) is 0.632. The third kappa shape index (κ3) is 8.27. The third-order valence-corrected chi connectivity index (χ3v) is 4.70. The number of nitrogens with zero attached hydrogens (tertiary/aromatic N) is 1. The van der Waals surface area contributed by atoms with E-state index >= 15 is 0 Å². The van der Waals surface area contributed by atoms with Gasteiger partial charge in [-0.1, -0.05) is 48.5 Å². The number of para-hydroxylation sites is 1. The van der Waals surface area contributed by atoms with E-state index in [1.165, 1.54) is 0 Å². The second-order valence-corrected chi connectivity index (χ2v) is 8.50. The lowest BCUT2D eigenvalue weighted by Crippen LogP contribution is -2.53. The minimum Gasteiger partial charge on any atom is -0.494 e. The van der Waals surface area contributed by atoms with Crippen molar-refractivity contribution < 1.29 is 14.3 Å². The molecule has 0 aliphatic rings. The van der Waals surface area contributed by atoms with Crippen molar-refractivity contribution in [2.24, 2.45) is 0 Å². The Hall–Kier alpha value is -2.82. The Bertz CT molecular complexity index is 785. The predicted octanol–water partition coefficient (Wildman–Crippen LogP) is 4.22. The van der Waals surface area contributed by atoms with Crippen molar-refractivity contribution >= 4 is 11.8 Å². The van der Waals surface area contributed by atoms with E-state index in [9.17, 15) is 9.59 Å². The maximum absolute atomic E-state index is 13.0. The number of rotatable bonds is 10. The van der Waals surface area contributed by atoms with Gasteiger partial charge in [0.2, 0.25) is 11.8 Å². The standard InChI is InChI=1S/C25H34N2O3/c1-20(24(29)26-25(2,3)4)27(18-17-21-12-7-5-8-13-21)23(28)16-11-19-30-22-14-9-6-10-15-22/h5-10,12-15,20H,11,16-19H2,1-4H3,(H,26,29)/t20-/m1/s1. The van der Waals surface area contributed by atoms with E-state index in [2.05, 4.69) is 5.32 Å². The Morgan fingerprint density at radius 3 is 2.20 bits per heavy atom. The number of amides is 2. The number of hydrogen-bond donors (Lipinski definition) is 1. The van der Waals surface area contributed by atoms with Gasteiger partial charge >= 0.3 is 0 Å². The molecule has 0 fully saturated rings. The number of benzene rings is 2. The van der Waals surface area contributed by atoms with Crippen molar-refractivity contribution in [1.82, 2.24) is 10.2 Å². The van der Waals surface area contributed by atoms with Crippen LogP contribution in [-0.2, 0) is 16.0 Å². The molecule has 1 N–H and O–H groups in total. The van der Waals surface area contributed by atoms with Crippen LogP contribution in [0.3, 0.4) is 0 Å². The fourth-order valence-electron chi connectivity index (χ4n) is 3.12. The van der Waals surface area contributed by atoms with Crippen molar-refractivity contribution in [3.63, 3.8) is 0 Å². The SMILES string of the molecule is C[C@H](C(=O)NC(C)(C)C)N(CCc1ccccc1)C(=O)CCCOc1ccccc1. The molecule has 0 aromatic heterocycles. The van der Waals surface area contributed by atoms with E-state index in [0.29, 0.717) is 32.4 Å². The molecule has 0 radical (unpaired) electrons. The predicted molar refractivity (Wildman–Crippen MR) is 120 cm³/mol. The van der Waals surface area contributed by atoms with Gasteiger partial charge in [-0.05, 0) is 58.2 Å². The van der Waals surface area contributed by atoms with Crippen LogP contribution in [-0.4, -0.2) is 41.4 Å². The zero-order valence-electron chi connectivity index (χ0n) is 18.6. The summed E-state index contributed by atoms with van der Waals surface area (Å²) in [7, 11) is 0. The first kappa shape index (κ1) is 23.5. The van der Waals surface area contributed by atoms with Gasteiger partial charge in [-0.15, -0.1) is 0 Å². The van der Waals surface area contributed by atoms with E-state index < -0.39 is 6.04 Å². The number of ether oxygens (including phenoxy) is 1. The first-order valence-electron chi connectivity index (χ1n) is 10.6. The molecule has 2 amide bonds. The monoisotopic (exact) mass is 410 g/mol. The van der Waals surface area contributed by atoms with E-state index in [4.69, 9.17) is 4.74 Å². The molecular weight excluding hydrogens is 376 g/mol. The molecule has 30 heavy (non-hydrogen) atoms. The molecule has 0 heterocycles. The maximum Gasteiger partial charge on any atom is 0.242 e. The van der Waals surface area contributed by atoms with E-state index in [0.717, 1.165) is 11.3 Å². The first-order chi connectivity index (χ1) is 14.3. The van der Waals surface area contributed by atoms with E-state index in [1.54, 1.807) is 11.8 Å². The quantitative estimate of drug-likeness (QED) is 0.597. The molecular formula is C25H34N2O3. The number of carbonyl (C=O) groups excluding carboxylic acids is 2. The lowest BCUT2D eigenvalue weighted by Gasteiger charge is -2.31. The molecule has 1 atom stereocenters. The van der Waals surface area contributed by atoms with Crippen molar-refractivity contribution in [2.45, 2.75) is 58.5 Å². The van der Waals surface area contributed by atoms with Crippen molar-refractivity contribution in [3.8, 4) is 5.75 Å². The van der Waals surface area contributed by atoms with Crippen LogP contribution in [0.1, 0.15) is 46.1 Å². The summed E-state index contributed by atoms with van der Waals surface area (Å²) in [5.41, 5.74) is 0.800. The highest BCUT2D eigenvalue weighted by Gasteiger charge is 2.27. The van der Waals surface area contributed by atoms with Crippen LogP contribution in [0.15, 0.2) is 60.7 Å². The van der Waals surface area contributed by atoms with Crippen LogP contribution in [0.2, 0.25) is 0 Å². The molecule has 0 bridgehead atoms. The molecule has 2 aromatic carbocycles. The fourth-order valence-corrected chi connectivity index (χ4v) is 3.12. The molecule has 0 spiro atoms. The summed E-state index contributed by atoms with van der Waals surface area (Å²) >= 11 is 0. The van der Waals surface area contributed by atoms with Gasteiger partial charge in [0.05, 0.1) is 6.61 Å². The van der Waals surface area contributed by atoms with Crippen molar-refractivity contribution in [2.75, 3.05) is 13.2 Å². The normalized spacial score (nSPS) is 12.1. The second-order valence-electron chi connectivity index (χ2n) is 8.50. The maximum atomic E-state index is 13.0. The molecule has 0 unspecified atom stereocenters. The Balaban J connectivity index is 1.95. The summed E-state index contributed by atoms with van der Waals surface area (Å²) in [6.07, 6.45) is 1.65. The summed E-state index contributed by atoms with van der Waals surface area (Å²) in [6.45, 7) is 8.58. The van der Waals surface area contributed by atoms with Crippen molar-refractivity contribution in [3.05, 3.63) is 66.2 Å². The lowest BCUT2D eigenvalue weighted by molar-refractivity contribution is -0.140. The van der Waals surface area contributed by atoms with Gasteiger partial charge in [-0.2, -0.15) is 0 Å². The molecule has 0 aliphatic heterocycles. The fraction of sp³-hybridized carbons (Fsp3) is 0.440. The largest absolute Gasteiger partial charge is 0.494 e. The van der Waals surface area contributed by atoms with Crippen LogP contribution >= 0.6 is 0 Å². The topological polar surface area (TPSA) is 58.6 Å². The van der Waals surface area contributed by atoms with Crippen molar-refractivity contribution in [1.29, 1.82) is 0 Å². The minimum absolute atomic E-state index is 0.0286. The molecule has 162 valence electrons. The third-order valence-electron chi connectivity index (χ3n) is 4.70. The summed E-state index contributed by atoms with van der Waals surface area (Å²) < 4.78 is 5.69. The van der Waals surface area contributed by atoms with Gasteiger partial charge in [-0.3, -0.25) is 9.59 Å². The summed E-state index contributed by atoms with van der Waals surface area (Å²) in [5, 5.41) is 2.98. The Morgan fingerprint density at radius 1 is 1.00 bits per heavy atom. The average Bonchev–Trinajstić information content (AvgIpc) is 2.71. The highest BCUT2D eigenvalue weighted by Crippen LogP contribution is 2.12. The molecule has 2 rings (SSSR count). The Morgan fingerprint density at radius 2 is 1.60 bits per heavy atom. The molecule has 5 nitrogen and oxygen atoms in total. The zero-order chi connectivity index (χ0) is 22.0. The molecule has 0 saturated heterocycles. The highest BCUT2D eigenvalue weighted by atomic mass is 16.5. The van der Waals surface area contributed by atoms with Gasteiger partial charge in [0.1, 0.15) is 11.8 Å². The Labute approximate surface area is 180 Å². The number of nitrogens with one attached hydrogen (secondary N) is 1. The lowest BCUT2D eigenvalue weighted by atomic mass is 10.1. The first-order valence-corrected chi connectivity index (χ1v) is 10.6. The number of carbonyl (C=O) groups is 2. The van der Waals surface area contributed by atoms with Gasteiger partial charge < -0.3 is 15.0 Å². The average molecular weight is 411 g/mol. The van der Waals surface area contributed by atoms with Crippen LogP contribution in [0.4, 0.5) is 0 Å². The van der Waals surface area contributed by atoms with Gasteiger partial charge in [0.25, 0.3) is 0 Å². The van der Waals surface area contributed by atoms with Crippen LogP contribution < -0.4 is 10.1 Å². The van der Waals surface area contributed by atoms with Crippen LogP contribution in [0.25, 0.3) is 0 Å². The Kier molecular flexibility index (Phi) is 8.90. The van der Waals surface area contributed by atoms with Gasteiger partial charge in [-0.25, -0.2) is 0 Å². The van der Waals surface area contributed by atoms with Gasteiger partial charge in [0.15, 0.2) is 0 Å². The second kappa shape index (κ2) is 11.4. The van der Waals surface area contributed by atoms with Crippen LogP contribution in [0, 0.1) is 0 Å². The summed E-state index contributed by atoms with van der Waals surface area (Å²) in [4.78, 5) is 27.4. The molecule has 5 heteroatoms. The van der Waals surface area contributed by atoms with E-state index in [-0.39, 0.29) is 17.4 Å². The van der Waals surface area contributed by atoms with Gasteiger partial charge in [0, 0.05) is 18.5 Å². The summed E-state index contributed by atoms with van der Waals surface area (Å²) in [6, 6.07) is 19.0. The molecule has 0 aliphatic carbocycles. The highest BCUT2D eigenvalue weighted by molar-refractivity contribution is 5.87. The zero-order valence-corrected chi connectivity index (χ0v) is 18.6. The molecule has 2 aromatic rings. The van der Waals surface area contributed by atoms with E-state index in [1.807, 2.05) is 81.4 Å². The van der Waals surface area contributed by atoms with Crippen LogP contribution in [0.5, 0.6) is 5.75 Å². The number of hydrogen-bond acceptors (Lipinski definition) is 3. The molecule has 0 saturated carbocycles.